The number of aromatic nitrogens is 3. The Labute approximate surface area is 308 Å². The summed E-state index contributed by atoms with van der Waals surface area (Å²) in [6, 6.07) is 8.63. The number of nitrogens with one attached hydrogen (secondary N) is 1. The van der Waals surface area contributed by atoms with Gasteiger partial charge in [-0.15, -0.1) is 10.2 Å². The first-order valence-corrected chi connectivity index (χ1v) is 20.1. The third-order valence-electron chi connectivity index (χ3n) is 8.15. The molecule has 290 valence electrons. The van der Waals surface area contributed by atoms with E-state index in [-0.39, 0.29) is 30.8 Å². The van der Waals surface area contributed by atoms with E-state index in [0.717, 1.165) is 0 Å². The van der Waals surface area contributed by atoms with Crippen LogP contribution in [0.3, 0.4) is 0 Å². The molecule has 2 aromatic heterocycles. The highest BCUT2D eigenvalue weighted by atomic mass is 79.9. The van der Waals surface area contributed by atoms with Crippen LogP contribution in [0.5, 0.6) is 0 Å². The van der Waals surface area contributed by atoms with E-state index in [9.17, 15) is 18.0 Å². The maximum absolute atomic E-state index is 15.2. The van der Waals surface area contributed by atoms with E-state index in [2.05, 4.69) is 70.3 Å². The maximum Gasteiger partial charge on any atom is 0.426 e. The number of alkyl halides is 6. The summed E-state index contributed by atoms with van der Waals surface area (Å²) in [6.07, 6.45) is -12.4. The SMILES string of the molecule is C[C@@H](COCCC[C@@](OCc1ccccc1)(c1nnc(-c2nc(Br)c(C(F)(F)F)cc2NC(=O)OC(C)(C)C)o1)C(F)(F)F)O[Si](C)(C)C(C)(C)C. The Morgan fingerprint density at radius 1 is 1.00 bits per heavy atom. The largest absolute Gasteiger partial charge is 0.444 e. The van der Waals surface area contributed by atoms with Gasteiger partial charge < -0.3 is 23.1 Å². The summed E-state index contributed by atoms with van der Waals surface area (Å²) in [7, 11) is -2.11. The number of carbonyl (C=O) groups excluding carboxylic acids is 1. The molecule has 52 heavy (non-hydrogen) atoms. The maximum atomic E-state index is 15.2. The minimum absolute atomic E-state index is 0.0505. The fourth-order valence-electron chi connectivity index (χ4n) is 4.60. The lowest BCUT2D eigenvalue weighted by molar-refractivity contribution is -0.300. The van der Waals surface area contributed by atoms with E-state index in [1.54, 1.807) is 30.3 Å². The number of amides is 1. The Bertz CT molecular complexity index is 1640. The fraction of sp³-hybridized carbons (Fsp3) is 0.588. The third-order valence-corrected chi connectivity index (χ3v) is 13.4. The number of nitrogens with zero attached hydrogens (tertiary/aromatic N) is 3. The average molecular weight is 828 g/mol. The zero-order chi connectivity index (χ0) is 39.3. The molecule has 18 heteroatoms. The number of ether oxygens (including phenoxy) is 3. The lowest BCUT2D eigenvalue weighted by Gasteiger charge is -2.38. The summed E-state index contributed by atoms with van der Waals surface area (Å²) in [5, 5.41) is 9.50. The highest BCUT2D eigenvalue weighted by molar-refractivity contribution is 9.10. The van der Waals surface area contributed by atoms with Crippen LogP contribution in [0.2, 0.25) is 18.1 Å². The van der Waals surface area contributed by atoms with Crippen molar-refractivity contribution in [2.75, 3.05) is 18.5 Å². The van der Waals surface area contributed by atoms with Gasteiger partial charge in [0, 0.05) is 6.61 Å². The van der Waals surface area contributed by atoms with E-state index in [0.29, 0.717) is 11.6 Å². The highest BCUT2D eigenvalue weighted by Crippen LogP contribution is 2.47. The van der Waals surface area contributed by atoms with Crippen LogP contribution in [0.4, 0.5) is 36.8 Å². The van der Waals surface area contributed by atoms with Crippen molar-refractivity contribution in [3.05, 3.63) is 58.0 Å². The van der Waals surface area contributed by atoms with Gasteiger partial charge in [0.15, 0.2) is 14.0 Å². The molecule has 2 heterocycles. The minimum atomic E-state index is -5.13. The standard InChI is InChI=1S/C34H45BrF6N4O6Si/c1-21(51-52(8,9)31(5,6)7)19-47-17-13-16-32(34(39,40)41,48-20-22-14-11-10-12-15-22)28-45-44-27(49-28)25-24(42-29(46)50-30(2,3)4)18-23(26(35)43-25)33(36,37)38/h10-12,14-15,18,21H,13,16-17,19-20H2,1-9H3,(H,42,46)/t21-,32+/m0/s1. The average Bonchev–Trinajstić information content (AvgIpc) is 3.47. The molecular weight excluding hydrogens is 782 g/mol. The molecule has 3 rings (SSSR count). The summed E-state index contributed by atoms with van der Waals surface area (Å²) in [4.78, 5) is 16.4. The smallest absolute Gasteiger partial charge is 0.426 e. The van der Waals surface area contributed by atoms with Crippen molar-refractivity contribution >= 4 is 36.0 Å². The third kappa shape index (κ3) is 11.5. The number of carbonyl (C=O) groups is 1. The predicted molar refractivity (Wildman–Crippen MR) is 187 cm³/mol. The normalized spacial score (nSPS) is 14.9. The van der Waals surface area contributed by atoms with Gasteiger partial charge in [-0.25, -0.2) is 9.78 Å². The fourth-order valence-corrected chi connectivity index (χ4v) is 6.54. The molecule has 1 N–H and O–H groups in total. The molecule has 0 unspecified atom stereocenters. The molecule has 0 fully saturated rings. The van der Waals surface area contributed by atoms with Gasteiger partial charge in [-0.1, -0.05) is 51.1 Å². The van der Waals surface area contributed by atoms with Crippen LogP contribution < -0.4 is 5.32 Å². The lowest BCUT2D eigenvalue weighted by Crippen LogP contribution is -2.45. The van der Waals surface area contributed by atoms with Crippen LogP contribution >= 0.6 is 15.9 Å². The first kappa shape index (κ1) is 43.3. The number of anilines is 1. The molecule has 0 bridgehead atoms. The summed E-state index contributed by atoms with van der Waals surface area (Å²) < 4.78 is 115. The number of rotatable bonds is 14. The van der Waals surface area contributed by atoms with E-state index < -0.39 is 84.3 Å². The van der Waals surface area contributed by atoms with Crippen molar-refractivity contribution in [2.24, 2.45) is 0 Å². The van der Waals surface area contributed by atoms with Crippen LogP contribution in [0.1, 0.15) is 78.3 Å². The van der Waals surface area contributed by atoms with Gasteiger partial charge in [0.1, 0.15) is 10.2 Å². The minimum Gasteiger partial charge on any atom is -0.444 e. The number of hydrogen-bond donors (Lipinski definition) is 1. The van der Waals surface area contributed by atoms with E-state index in [1.807, 2.05) is 6.92 Å². The Hall–Kier alpha value is -3.06. The first-order chi connectivity index (χ1) is 23.8. The van der Waals surface area contributed by atoms with Crippen LogP contribution in [0.25, 0.3) is 11.6 Å². The molecule has 0 aliphatic carbocycles. The van der Waals surface area contributed by atoms with Crippen molar-refractivity contribution in [1.82, 2.24) is 15.2 Å². The number of halogens is 7. The number of hydrogen-bond acceptors (Lipinski definition) is 9. The van der Waals surface area contributed by atoms with Crippen LogP contribution in [-0.4, -0.2) is 60.7 Å². The Kier molecular flexibility index (Phi) is 13.8. The van der Waals surface area contributed by atoms with Crippen molar-refractivity contribution in [3.8, 4) is 11.6 Å². The molecule has 0 saturated heterocycles. The summed E-state index contributed by atoms with van der Waals surface area (Å²) in [5.74, 6) is -1.75. The molecule has 0 radical (unpaired) electrons. The Morgan fingerprint density at radius 3 is 2.19 bits per heavy atom. The van der Waals surface area contributed by atoms with Gasteiger partial charge in [-0.2, -0.15) is 26.3 Å². The molecular formula is C34H45BrF6N4O6Si. The van der Waals surface area contributed by atoms with Crippen molar-refractivity contribution in [2.45, 2.75) is 116 Å². The van der Waals surface area contributed by atoms with Crippen LogP contribution in [0.15, 0.2) is 45.4 Å². The monoisotopic (exact) mass is 826 g/mol. The zero-order valence-corrected chi connectivity index (χ0v) is 33.1. The molecule has 10 nitrogen and oxygen atoms in total. The first-order valence-electron chi connectivity index (χ1n) is 16.4. The summed E-state index contributed by atoms with van der Waals surface area (Å²) in [5.41, 5.74) is -6.25. The van der Waals surface area contributed by atoms with E-state index in [4.69, 9.17) is 23.1 Å². The quantitative estimate of drug-likeness (QED) is 0.0733. The second-order valence-electron chi connectivity index (χ2n) is 14.7. The van der Waals surface area contributed by atoms with Gasteiger partial charge in [-0.3, -0.25) is 5.32 Å². The highest BCUT2D eigenvalue weighted by Gasteiger charge is 2.61. The molecule has 1 amide bonds. The Balaban J connectivity index is 1.99. The summed E-state index contributed by atoms with van der Waals surface area (Å²) >= 11 is 2.75. The van der Waals surface area contributed by atoms with Gasteiger partial charge >= 0.3 is 18.4 Å². The van der Waals surface area contributed by atoms with Crippen LogP contribution in [-0.2, 0) is 37.0 Å². The topological polar surface area (TPSA) is 118 Å². The van der Waals surface area contributed by atoms with Crippen molar-refractivity contribution < 1.29 is 54.2 Å². The van der Waals surface area contributed by atoms with Gasteiger partial charge in [-0.05, 0) is 86.2 Å². The second-order valence-corrected chi connectivity index (χ2v) is 20.2. The molecule has 0 aliphatic heterocycles. The van der Waals surface area contributed by atoms with Gasteiger partial charge in [0.2, 0.25) is 5.60 Å². The number of benzene rings is 1. The lowest BCUT2D eigenvalue weighted by atomic mass is 9.96. The van der Waals surface area contributed by atoms with Crippen molar-refractivity contribution in [3.63, 3.8) is 0 Å². The zero-order valence-electron chi connectivity index (χ0n) is 30.5. The van der Waals surface area contributed by atoms with Crippen LogP contribution in [0, 0.1) is 0 Å². The molecule has 2 atom stereocenters. The Morgan fingerprint density at radius 2 is 1.63 bits per heavy atom. The van der Waals surface area contributed by atoms with E-state index >= 15 is 13.2 Å². The number of pyridine rings is 1. The van der Waals surface area contributed by atoms with Crippen molar-refractivity contribution in [1.29, 1.82) is 0 Å². The molecule has 1 aromatic carbocycles. The van der Waals surface area contributed by atoms with Gasteiger partial charge in [0.05, 0.1) is 30.6 Å². The molecule has 3 aromatic rings. The predicted octanol–water partition coefficient (Wildman–Crippen LogP) is 10.4. The summed E-state index contributed by atoms with van der Waals surface area (Å²) in [6.45, 7) is 16.4. The molecule has 0 aliphatic rings. The van der Waals surface area contributed by atoms with E-state index in [1.165, 1.54) is 20.8 Å². The molecule has 0 saturated carbocycles. The second kappa shape index (κ2) is 16.5. The van der Waals surface area contributed by atoms with Gasteiger partial charge in [0.25, 0.3) is 11.8 Å². The molecule has 0 spiro atoms.